The summed E-state index contributed by atoms with van der Waals surface area (Å²) in [5.41, 5.74) is 0.0738. The number of nitriles is 1. The fourth-order valence-corrected chi connectivity index (χ4v) is 0.898. The molecule has 0 fully saturated rings. The SMILES string of the molecule is Cc1cc(C(=O)NCC(C)(C)C#N)on1. The van der Waals surface area contributed by atoms with Crippen LogP contribution in [-0.4, -0.2) is 17.6 Å². The first kappa shape index (κ1) is 11.2. The Balaban J connectivity index is 2.55. The molecule has 0 aliphatic heterocycles. The Morgan fingerprint density at radius 1 is 1.73 bits per heavy atom. The van der Waals surface area contributed by atoms with Crippen LogP contribution in [0.3, 0.4) is 0 Å². The molecule has 1 amide bonds. The summed E-state index contributed by atoms with van der Waals surface area (Å²) >= 11 is 0. The number of nitrogens with one attached hydrogen (secondary N) is 1. The predicted molar refractivity (Wildman–Crippen MR) is 53.0 cm³/mol. The van der Waals surface area contributed by atoms with Crippen molar-refractivity contribution in [3.8, 4) is 6.07 Å². The van der Waals surface area contributed by atoms with Crippen molar-refractivity contribution in [2.24, 2.45) is 5.41 Å². The van der Waals surface area contributed by atoms with Crippen LogP contribution in [0.4, 0.5) is 0 Å². The molecule has 5 heteroatoms. The summed E-state index contributed by atoms with van der Waals surface area (Å²) in [5.74, 6) is -0.180. The van der Waals surface area contributed by atoms with Gasteiger partial charge in [-0.25, -0.2) is 0 Å². The smallest absolute Gasteiger partial charge is 0.289 e. The summed E-state index contributed by atoms with van der Waals surface area (Å²) in [5, 5.41) is 15.0. The maximum atomic E-state index is 11.5. The number of carbonyl (C=O) groups excluding carboxylic acids is 1. The minimum Gasteiger partial charge on any atom is -0.351 e. The molecule has 0 bridgehead atoms. The quantitative estimate of drug-likeness (QED) is 0.809. The lowest BCUT2D eigenvalue weighted by Crippen LogP contribution is -2.32. The van der Waals surface area contributed by atoms with Crippen molar-refractivity contribution in [1.82, 2.24) is 10.5 Å². The van der Waals surface area contributed by atoms with Crippen molar-refractivity contribution >= 4 is 5.91 Å². The largest absolute Gasteiger partial charge is 0.351 e. The summed E-state index contributed by atoms with van der Waals surface area (Å²) in [7, 11) is 0. The average molecular weight is 207 g/mol. The van der Waals surface area contributed by atoms with Crippen molar-refractivity contribution in [3.05, 3.63) is 17.5 Å². The first-order chi connectivity index (χ1) is 6.94. The van der Waals surface area contributed by atoms with Gasteiger partial charge in [0.15, 0.2) is 0 Å². The number of hydrogen-bond acceptors (Lipinski definition) is 4. The third-order valence-corrected chi connectivity index (χ3v) is 1.85. The van der Waals surface area contributed by atoms with Gasteiger partial charge in [0.1, 0.15) is 0 Å². The van der Waals surface area contributed by atoms with E-state index in [1.165, 1.54) is 0 Å². The highest BCUT2D eigenvalue weighted by Crippen LogP contribution is 2.11. The second-order valence-electron chi connectivity index (χ2n) is 4.01. The Morgan fingerprint density at radius 3 is 2.87 bits per heavy atom. The lowest BCUT2D eigenvalue weighted by atomic mass is 9.96. The minimum absolute atomic E-state index is 0.168. The highest BCUT2D eigenvalue weighted by molar-refractivity contribution is 5.91. The predicted octanol–water partition coefficient (Wildman–Crippen LogP) is 1.26. The van der Waals surface area contributed by atoms with Crippen molar-refractivity contribution in [1.29, 1.82) is 5.26 Å². The number of amides is 1. The van der Waals surface area contributed by atoms with E-state index in [-0.39, 0.29) is 18.2 Å². The van der Waals surface area contributed by atoms with Crippen LogP contribution in [0.2, 0.25) is 0 Å². The molecule has 1 rings (SSSR count). The third-order valence-electron chi connectivity index (χ3n) is 1.85. The molecule has 1 N–H and O–H groups in total. The third kappa shape index (κ3) is 3.09. The Hall–Kier alpha value is -1.83. The van der Waals surface area contributed by atoms with Gasteiger partial charge in [-0.3, -0.25) is 4.79 Å². The lowest BCUT2D eigenvalue weighted by Gasteiger charge is -2.14. The van der Waals surface area contributed by atoms with Gasteiger partial charge < -0.3 is 9.84 Å². The van der Waals surface area contributed by atoms with Crippen LogP contribution in [0, 0.1) is 23.7 Å². The molecule has 0 spiro atoms. The van der Waals surface area contributed by atoms with Crippen LogP contribution >= 0.6 is 0 Å². The number of nitrogens with zero attached hydrogens (tertiary/aromatic N) is 2. The van der Waals surface area contributed by atoms with Crippen LogP contribution < -0.4 is 5.32 Å². The molecule has 0 saturated heterocycles. The molecule has 1 aromatic rings. The topological polar surface area (TPSA) is 78.9 Å². The summed E-state index contributed by atoms with van der Waals surface area (Å²) < 4.78 is 4.78. The molecular weight excluding hydrogens is 194 g/mol. The van der Waals surface area contributed by atoms with Gasteiger partial charge in [0.2, 0.25) is 5.76 Å². The molecule has 15 heavy (non-hydrogen) atoms. The van der Waals surface area contributed by atoms with E-state index < -0.39 is 5.41 Å². The van der Waals surface area contributed by atoms with Gasteiger partial charge in [0, 0.05) is 12.6 Å². The molecule has 0 aliphatic carbocycles. The van der Waals surface area contributed by atoms with Gasteiger partial charge in [-0.2, -0.15) is 5.26 Å². The Bertz CT molecular complexity index is 401. The van der Waals surface area contributed by atoms with Crippen LogP contribution in [-0.2, 0) is 0 Å². The van der Waals surface area contributed by atoms with Gasteiger partial charge in [0.25, 0.3) is 5.91 Å². The molecular formula is C10H13N3O2. The summed E-state index contributed by atoms with van der Waals surface area (Å²) in [4.78, 5) is 11.5. The van der Waals surface area contributed by atoms with Crippen molar-refractivity contribution in [3.63, 3.8) is 0 Å². The standard InChI is InChI=1S/C10H13N3O2/c1-7-4-8(15-13-7)9(14)12-6-10(2,3)5-11/h4H,6H2,1-3H3,(H,12,14). The number of carbonyl (C=O) groups is 1. The molecule has 0 aromatic carbocycles. The van der Waals surface area contributed by atoms with E-state index in [0.717, 1.165) is 0 Å². The summed E-state index contributed by atoms with van der Waals surface area (Å²) in [6.07, 6.45) is 0. The fraction of sp³-hybridized carbons (Fsp3) is 0.500. The molecule has 1 heterocycles. The lowest BCUT2D eigenvalue weighted by molar-refractivity contribution is 0.0906. The monoisotopic (exact) mass is 207 g/mol. The molecule has 0 aliphatic rings. The minimum atomic E-state index is -0.579. The number of rotatable bonds is 3. The second-order valence-corrected chi connectivity index (χ2v) is 4.01. The summed E-state index contributed by atoms with van der Waals surface area (Å²) in [6.45, 7) is 5.51. The van der Waals surface area contributed by atoms with E-state index in [0.29, 0.717) is 5.69 Å². The van der Waals surface area contributed by atoms with Crippen LogP contribution in [0.15, 0.2) is 10.6 Å². The van der Waals surface area contributed by atoms with E-state index in [2.05, 4.69) is 16.5 Å². The second kappa shape index (κ2) is 4.13. The maximum Gasteiger partial charge on any atom is 0.289 e. The molecule has 0 unspecified atom stereocenters. The normalized spacial score (nSPS) is 10.8. The molecule has 0 atom stereocenters. The Morgan fingerprint density at radius 2 is 2.40 bits per heavy atom. The van der Waals surface area contributed by atoms with Crippen LogP contribution in [0.1, 0.15) is 30.1 Å². The zero-order valence-corrected chi connectivity index (χ0v) is 9.00. The number of aromatic nitrogens is 1. The highest BCUT2D eigenvalue weighted by atomic mass is 16.5. The fourth-order valence-electron chi connectivity index (χ4n) is 0.898. The summed E-state index contributed by atoms with van der Waals surface area (Å²) in [6, 6.07) is 3.64. The zero-order chi connectivity index (χ0) is 11.5. The molecule has 1 aromatic heterocycles. The van der Waals surface area contributed by atoms with Crippen molar-refractivity contribution < 1.29 is 9.32 Å². The molecule has 80 valence electrons. The van der Waals surface area contributed by atoms with Crippen molar-refractivity contribution in [2.75, 3.05) is 6.54 Å². The van der Waals surface area contributed by atoms with Crippen LogP contribution in [0.5, 0.6) is 0 Å². The molecule has 0 saturated carbocycles. The van der Waals surface area contributed by atoms with Gasteiger partial charge in [-0.1, -0.05) is 5.16 Å². The van der Waals surface area contributed by atoms with Gasteiger partial charge >= 0.3 is 0 Å². The van der Waals surface area contributed by atoms with E-state index in [1.54, 1.807) is 26.8 Å². The molecule has 0 radical (unpaired) electrons. The number of hydrogen-bond donors (Lipinski definition) is 1. The van der Waals surface area contributed by atoms with Gasteiger partial charge in [0.05, 0.1) is 17.2 Å². The maximum absolute atomic E-state index is 11.5. The van der Waals surface area contributed by atoms with Crippen LogP contribution in [0.25, 0.3) is 0 Å². The average Bonchev–Trinajstić information content (AvgIpc) is 2.61. The highest BCUT2D eigenvalue weighted by Gasteiger charge is 2.19. The van der Waals surface area contributed by atoms with E-state index >= 15 is 0 Å². The van der Waals surface area contributed by atoms with Crippen molar-refractivity contribution in [2.45, 2.75) is 20.8 Å². The molecule has 5 nitrogen and oxygen atoms in total. The van der Waals surface area contributed by atoms with E-state index in [4.69, 9.17) is 9.78 Å². The first-order valence-corrected chi connectivity index (χ1v) is 4.57. The van der Waals surface area contributed by atoms with E-state index in [9.17, 15) is 4.79 Å². The Labute approximate surface area is 88.1 Å². The van der Waals surface area contributed by atoms with Gasteiger partial charge in [-0.15, -0.1) is 0 Å². The first-order valence-electron chi connectivity index (χ1n) is 4.57. The van der Waals surface area contributed by atoms with Gasteiger partial charge in [-0.05, 0) is 20.8 Å². The Kier molecular flexibility index (Phi) is 3.10. The number of aryl methyl sites for hydroxylation is 1. The van der Waals surface area contributed by atoms with E-state index in [1.807, 2.05) is 0 Å². The zero-order valence-electron chi connectivity index (χ0n) is 9.00.